The highest BCUT2D eigenvalue weighted by atomic mass is 35.5. The molecule has 0 unspecified atom stereocenters. The quantitative estimate of drug-likeness (QED) is 0.336. The first-order valence-corrected chi connectivity index (χ1v) is 15.0. The minimum absolute atomic E-state index is 0.0154. The highest BCUT2D eigenvalue weighted by molar-refractivity contribution is 6.31. The van der Waals surface area contributed by atoms with Crippen LogP contribution in [0.15, 0.2) is 42.7 Å². The van der Waals surface area contributed by atoms with E-state index in [0.29, 0.717) is 28.6 Å². The number of hydrogen-bond donors (Lipinski definition) is 0. The molecule has 1 saturated heterocycles. The highest BCUT2D eigenvalue weighted by Gasteiger charge is 2.28. The molecule has 1 aromatic heterocycles. The van der Waals surface area contributed by atoms with Gasteiger partial charge in [-0.2, -0.15) is 0 Å². The average molecular weight is 587 g/mol. The molecular formula is C31H43ClN4O5. The maximum atomic E-state index is 13.8. The van der Waals surface area contributed by atoms with E-state index < -0.39 is 11.7 Å². The molecule has 2 fully saturated rings. The minimum Gasteiger partial charge on any atom is -0.492 e. The monoisotopic (exact) mass is 586 g/mol. The molecule has 9 nitrogen and oxygen atoms in total. The lowest BCUT2D eigenvalue weighted by Crippen LogP contribution is -2.42. The molecule has 0 radical (unpaired) electrons. The Morgan fingerprint density at radius 1 is 1.07 bits per heavy atom. The zero-order valence-electron chi connectivity index (χ0n) is 24.5. The van der Waals surface area contributed by atoms with E-state index in [4.69, 9.17) is 25.8 Å². The number of morpholine rings is 1. The van der Waals surface area contributed by atoms with Crippen molar-refractivity contribution < 1.29 is 23.8 Å². The first-order chi connectivity index (χ1) is 19.7. The van der Waals surface area contributed by atoms with Crippen LogP contribution in [0.2, 0.25) is 5.02 Å². The maximum Gasteiger partial charge on any atom is 0.414 e. The van der Waals surface area contributed by atoms with Crippen molar-refractivity contribution in [3.63, 3.8) is 0 Å². The van der Waals surface area contributed by atoms with Gasteiger partial charge in [0, 0.05) is 55.2 Å². The van der Waals surface area contributed by atoms with Crippen LogP contribution in [-0.4, -0.2) is 91.0 Å². The van der Waals surface area contributed by atoms with Crippen LogP contribution in [0.3, 0.4) is 0 Å². The molecule has 4 rings (SSSR count). The number of aromatic nitrogens is 1. The molecule has 41 heavy (non-hydrogen) atoms. The summed E-state index contributed by atoms with van der Waals surface area (Å²) in [6.45, 7) is 11.0. The minimum atomic E-state index is -0.640. The van der Waals surface area contributed by atoms with E-state index >= 15 is 0 Å². The van der Waals surface area contributed by atoms with Gasteiger partial charge in [0.25, 0.3) is 5.91 Å². The van der Waals surface area contributed by atoms with E-state index in [-0.39, 0.29) is 25.1 Å². The number of nitrogens with zero attached hydrogens (tertiary/aromatic N) is 4. The van der Waals surface area contributed by atoms with Gasteiger partial charge in [0.2, 0.25) is 0 Å². The number of carbonyl (C=O) groups excluding carboxylic acids is 2. The molecule has 2 aliphatic rings. The Balaban J connectivity index is 1.41. The summed E-state index contributed by atoms with van der Waals surface area (Å²) in [5.41, 5.74) is 0.534. The molecule has 1 aliphatic carbocycles. The van der Waals surface area contributed by atoms with Crippen molar-refractivity contribution in [1.29, 1.82) is 0 Å². The van der Waals surface area contributed by atoms with E-state index in [1.165, 1.54) is 4.90 Å². The Morgan fingerprint density at radius 2 is 1.78 bits per heavy atom. The van der Waals surface area contributed by atoms with Gasteiger partial charge in [-0.15, -0.1) is 0 Å². The lowest BCUT2D eigenvalue weighted by Gasteiger charge is -2.31. The molecule has 1 saturated carbocycles. The van der Waals surface area contributed by atoms with Gasteiger partial charge in [0.15, 0.2) is 0 Å². The van der Waals surface area contributed by atoms with Crippen LogP contribution < -0.4 is 9.64 Å². The average Bonchev–Trinajstić information content (AvgIpc) is 3.48. The second-order valence-corrected chi connectivity index (χ2v) is 12.0. The third-order valence-corrected chi connectivity index (χ3v) is 7.51. The molecule has 0 bridgehead atoms. The summed E-state index contributed by atoms with van der Waals surface area (Å²) in [5, 5.41) is 0.434. The van der Waals surface area contributed by atoms with Crippen LogP contribution in [0.1, 0.15) is 63.2 Å². The zero-order chi connectivity index (χ0) is 29.2. The summed E-state index contributed by atoms with van der Waals surface area (Å²) in [4.78, 5) is 36.7. The normalized spacial score (nSPS) is 16.4. The van der Waals surface area contributed by atoms with Crippen LogP contribution >= 0.6 is 11.6 Å². The number of amides is 2. The molecule has 0 N–H and O–H groups in total. The molecule has 224 valence electrons. The number of benzene rings is 1. The number of carbonyl (C=O) groups is 2. The lowest BCUT2D eigenvalue weighted by atomic mass is 10.1. The van der Waals surface area contributed by atoms with Gasteiger partial charge in [-0.3, -0.25) is 19.6 Å². The van der Waals surface area contributed by atoms with Crippen molar-refractivity contribution in [1.82, 2.24) is 14.8 Å². The Hall–Kier alpha value is -2.88. The SMILES string of the molecule is CC(C)(C)OC(=O)N(CCOc1cc(Cl)cc(C(=O)N(CCCN2CCOCC2)C2CCCC2)c1)c1ccncc1. The molecule has 10 heteroatoms. The summed E-state index contributed by atoms with van der Waals surface area (Å²) in [7, 11) is 0. The standard InChI is InChI=1S/C31H43ClN4O5/c1-31(2,3)41-30(38)36(27-9-11-33-12-10-27)17-20-40-28-22-24(21-25(32)23-28)29(37)35(26-7-4-5-8-26)14-6-13-34-15-18-39-19-16-34/h9-12,21-23,26H,4-8,13-20H2,1-3H3. The highest BCUT2D eigenvalue weighted by Crippen LogP contribution is 2.28. The number of pyridine rings is 1. The van der Waals surface area contributed by atoms with Crippen molar-refractivity contribution in [2.45, 2.75) is 64.5 Å². The second kappa shape index (κ2) is 14.8. The van der Waals surface area contributed by atoms with Crippen molar-refractivity contribution in [3.8, 4) is 5.75 Å². The van der Waals surface area contributed by atoms with Crippen molar-refractivity contribution >= 4 is 29.3 Å². The summed E-state index contributed by atoms with van der Waals surface area (Å²) < 4.78 is 17.1. The molecule has 0 atom stereocenters. The fraction of sp³-hybridized carbons (Fsp3) is 0.581. The predicted octanol–water partition coefficient (Wildman–Crippen LogP) is 5.66. The first kappa shape index (κ1) is 31.1. The predicted molar refractivity (Wildman–Crippen MR) is 160 cm³/mol. The molecule has 0 spiro atoms. The Labute approximate surface area is 248 Å². The summed E-state index contributed by atoms with van der Waals surface area (Å²) in [6.07, 6.45) is 8.05. The topological polar surface area (TPSA) is 84.4 Å². The third kappa shape index (κ3) is 9.58. The zero-order valence-corrected chi connectivity index (χ0v) is 25.3. The Morgan fingerprint density at radius 3 is 2.46 bits per heavy atom. The largest absolute Gasteiger partial charge is 0.492 e. The van der Waals surface area contributed by atoms with Gasteiger partial charge in [-0.05, 0) is 70.4 Å². The van der Waals surface area contributed by atoms with Gasteiger partial charge in [-0.25, -0.2) is 4.79 Å². The van der Waals surface area contributed by atoms with Gasteiger partial charge in [-0.1, -0.05) is 24.4 Å². The fourth-order valence-electron chi connectivity index (χ4n) is 5.31. The van der Waals surface area contributed by atoms with E-state index in [1.807, 2.05) is 25.7 Å². The van der Waals surface area contributed by atoms with E-state index in [2.05, 4.69) is 9.88 Å². The number of anilines is 1. The van der Waals surface area contributed by atoms with Gasteiger partial charge < -0.3 is 19.1 Å². The molecule has 2 amide bonds. The van der Waals surface area contributed by atoms with Gasteiger partial charge in [0.05, 0.1) is 25.4 Å². The van der Waals surface area contributed by atoms with E-state index in [1.54, 1.807) is 42.7 Å². The Kier molecular flexibility index (Phi) is 11.2. The molecular weight excluding hydrogens is 544 g/mol. The number of halogens is 1. The van der Waals surface area contributed by atoms with Gasteiger partial charge >= 0.3 is 6.09 Å². The first-order valence-electron chi connectivity index (χ1n) is 14.6. The van der Waals surface area contributed by atoms with Gasteiger partial charge in [0.1, 0.15) is 18.0 Å². The van der Waals surface area contributed by atoms with Crippen LogP contribution in [0.5, 0.6) is 5.75 Å². The summed E-state index contributed by atoms with van der Waals surface area (Å²) >= 11 is 6.46. The van der Waals surface area contributed by atoms with Crippen molar-refractivity contribution in [2.24, 2.45) is 0 Å². The van der Waals surface area contributed by atoms with Crippen LogP contribution in [0.4, 0.5) is 10.5 Å². The summed E-state index contributed by atoms with van der Waals surface area (Å²) in [6, 6.07) is 8.90. The fourth-order valence-corrected chi connectivity index (χ4v) is 5.54. The number of rotatable bonds is 11. The number of ether oxygens (including phenoxy) is 3. The van der Waals surface area contributed by atoms with Crippen LogP contribution in [0.25, 0.3) is 0 Å². The third-order valence-electron chi connectivity index (χ3n) is 7.29. The van der Waals surface area contributed by atoms with E-state index in [9.17, 15) is 9.59 Å². The van der Waals surface area contributed by atoms with E-state index in [0.717, 1.165) is 65.0 Å². The molecule has 2 aromatic rings. The Bertz CT molecular complexity index is 1130. The molecule has 1 aromatic carbocycles. The lowest BCUT2D eigenvalue weighted by molar-refractivity contribution is 0.0347. The van der Waals surface area contributed by atoms with Crippen LogP contribution in [0, 0.1) is 0 Å². The second-order valence-electron chi connectivity index (χ2n) is 11.6. The van der Waals surface area contributed by atoms with Crippen molar-refractivity contribution in [3.05, 3.63) is 53.3 Å². The smallest absolute Gasteiger partial charge is 0.414 e. The maximum absolute atomic E-state index is 13.8. The number of hydrogen-bond acceptors (Lipinski definition) is 7. The van der Waals surface area contributed by atoms with Crippen LogP contribution in [-0.2, 0) is 9.47 Å². The molecule has 1 aliphatic heterocycles. The summed E-state index contributed by atoms with van der Waals surface area (Å²) in [5.74, 6) is 0.470. The van der Waals surface area contributed by atoms with Crippen molar-refractivity contribution in [2.75, 3.05) is 57.4 Å². The molecule has 2 heterocycles.